The highest BCUT2D eigenvalue weighted by atomic mass is 32.2. The summed E-state index contributed by atoms with van der Waals surface area (Å²) >= 11 is 3.42. The number of tetrazole rings is 1. The fourth-order valence-corrected chi connectivity index (χ4v) is 7.05. The molecular weight excluding hydrogens is 645 g/mol. The number of carbonyl (C=O) groups is 3. The molecule has 3 aromatic heterocycles. The second-order valence-electron chi connectivity index (χ2n) is 8.96. The highest BCUT2D eigenvalue weighted by Crippen LogP contribution is 2.41. The van der Waals surface area contributed by atoms with Crippen LogP contribution in [0.15, 0.2) is 44.0 Å². The number of β-lactam (4-membered cyclic amide) rings is 1. The summed E-state index contributed by atoms with van der Waals surface area (Å²) in [5.74, 6) is -3.14. The molecule has 0 aliphatic carbocycles. The van der Waals surface area contributed by atoms with Gasteiger partial charge in [-0.1, -0.05) is 16.9 Å². The van der Waals surface area contributed by atoms with Crippen LogP contribution in [0.4, 0.5) is 5.13 Å². The normalized spacial score (nSPS) is 18.2. The molecule has 44 heavy (non-hydrogen) atoms. The van der Waals surface area contributed by atoms with Gasteiger partial charge in [-0.25, -0.2) is 14.5 Å². The maximum atomic E-state index is 13.3. The maximum Gasteiger partial charge on any atom is 0.352 e. The Hall–Kier alpha value is -4.67. The monoisotopic (exact) mass is 666 g/mol. The minimum Gasteiger partial charge on any atom is -0.503 e. The van der Waals surface area contributed by atoms with Crippen molar-refractivity contribution in [2.24, 2.45) is 5.16 Å². The van der Waals surface area contributed by atoms with Crippen LogP contribution in [-0.4, -0.2) is 108 Å². The van der Waals surface area contributed by atoms with Crippen molar-refractivity contribution in [3.05, 3.63) is 50.5 Å². The number of hydrogen-bond acceptors (Lipinski definition) is 17. The van der Waals surface area contributed by atoms with Gasteiger partial charge in [0.2, 0.25) is 10.6 Å². The number of thiazole rings is 1. The van der Waals surface area contributed by atoms with Gasteiger partial charge in [0.05, 0.1) is 19.3 Å². The third-order valence-electron chi connectivity index (χ3n) is 6.16. The number of oxime groups is 1. The number of carboxylic acid groups (broad SMARTS) is 1. The number of carbonyl (C=O) groups excluding carboxylic acids is 2. The van der Waals surface area contributed by atoms with Gasteiger partial charge in [0.15, 0.2) is 23.2 Å². The van der Waals surface area contributed by atoms with Crippen molar-refractivity contribution in [1.82, 2.24) is 40.1 Å². The number of aromatic hydroxyl groups is 1. The number of nitrogens with one attached hydrogen (secondary N) is 1. The van der Waals surface area contributed by atoms with Gasteiger partial charge < -0.3 is 36.4 Å². The topological polar surface area (TPSA) is 274 Å². The second-order valence-corrected chi connectivity index (χ2v) is 11.9. The highest BCUT2D eigenvalue weighted by molar-refractivity contribution is 8.01. The van der Waals surface area contributed by atoms with Crippen LogP contribution in [0.1, 0.15) is 11.4 Å². The van der Waals surface area contributed by atoms with E-state index in [9.17, 15) is 34.6 Å². The molecule has 5 heterocycles. The van der Waals surface area contributed by atoms with Gasteiger partial charge in [0, 0.05) is 23.0 Å². The molecule has 7 N–H and O–H groups in total. The van der Waals surface area contributed by atoms with Crippen molar-refractivity contribution < 1.29 is 39.7 Å². The fraction of sp³-hybridized carbons (Fsp3) is 0.318. The Kier molecular flexibility index (Phi) is 9.03. The number of carboxylic acids is 1. The molecular formula is C22H22N10O9S3. The molecule has 0 unspecified atom stereocenters. The molecule has 2 aliphatic rings. The lowest BCUT2D eigenvalue weighted by Gasteiger charge is -2.49. The number of fused-ring (bicyclic) bond motifs is 1. The summed E-state index contributed by atoms with van der Waals surface area (Å²) in [6.45, 7) is -0.518. The fourth-order valence-electron chi connectivity index (χ4n) is 4.12. The second kappa shape index (κ2) is 12.9. The van der Waals surface area contributed by atoms with Crippen molar-refractivity contribution in [2.45, 2.75) is 29.7 Å². The quantitative estimate of drug-likeness (QED) is 0.0411. The number of aliphatic hydroxyl groups excluding tert-OH is 1. The smallest absolute Gasteiger partial charge is 0.352 e. The number of nitrogen functional groups attached to an aromatic ring is 1. The minimum absolute atomic E-state index is 0.0194. The number of thioether (sulfide) groups is 2. The van der Waals surface area contributed by atoms with Gasteiger partial charge >= 0.3 is 5.97 Å². The molecule has 3 aromatic rings. The van der Waals surface area contributed by atoms with Crippen LogP contribution in [0.5, 0.6) is 5.75 Å². The molecule has 0 radical (unpaired) electrons. The number of nitrogens with zero attached hydrogens (tertiary/aromatic N) is 8. The molecule has 1 saturated heterocycles. The number of aliphatic hydroxyl groups is 1. The van der Waals surface area contributed by atoms with Gasteiger partial charge in [-0.15, -0.1) is 28.2 Å². The number of aromatic nitrogens is 6. The molecule has 232 valence electrons. The number of rotatable bonds is 12. The Morgan fingerprint density at radius 2 is 2.11 bits per heavy atom. The van der Waals surface area contributed by atoms with E-state index in [0.717, 1.165) is 40.3 Å². The zero-order valence-corrected chi connectivity index (χ0v) is 24.6. The lowest BCUT2D eigenvalue weighted by Crippen LogP contribution is -2.71. The minimum atomic E-state index is -1.32. The van der Waals surface area contributed by atoms with Crippen molar-refractivity contribution in [2.75, 3.05) is 23.8 Å². The summed E-state index contributed by atoms with van der Waals surface area (Å²) < 4.78 is 1.82. The van der Waals surface area contributed by atoms with Crippen molar-refractivity contribution in [1.29, 1.82) is 0 Å². The Morgan fingerprint density at radius 3 is 2.82 bits per heavy atom. The highest BCUT2D eigenvalue weighted by Gasteiger charge is 2.54. The van der Waals surface area contributed by atoms with Crippen LogP contribution < -0.4 is 16.5 Å². The van der Waals surface area contributed by atoms with Crippen LogP contribution in [-0.2, 0) is 32.4 Å². The Labute approximate surface area is 257 Å². The lowest BCUT2D eigenvalue weighted by molar-refractivity contribution is -0.150. The number of aliphatic carboxylic acids is 1. The third kappa shape index (κ3) is 6.17. The lowest BCUT2D eigenvalue weighted by atomic mass is 10.0. The molecule has 19 nitrogen and oxygen atoms in total. The van der Waals surface area contributed by atoms with Crippen molar-refractivity contribution in [3.63, 3.8) is 0 Å². The third-order valence-corrected chi connectivity index (χ3v) is 9.22. The summed E-state index contributed by atoms with van der Waals surface area (Å²) in [6.07, 6.45) is 0.764. The molecule has 0 saturated carbocycles. The van der Waals surface area contributed by atoms with Crippen LogP contribution in [0.3, 0.4) is 0 Å². The maximum absolute atomic E-state index is 13.3. The van der Waals surface area contributed by atoms with E-state index in [2.05, 4.69) is 31.0 Å². The zero-order chi connectivity index (χ0) is 31.5. The molecule has 22 heteroatoms. The number of pyridine rings is 1. The number of anilines is 1. The van der Waals surface area contributed by atoms with E-state index >= 15 is 0 Å². The molecule has 0 spiro atoms. The summed E-state index contributed by atoms with van der Waals surface area (Å²) in [7, 11) is 0. The standard InChI is InChI=1S/C22H22N10O9S3/c23-21-24-11(8-43-21)14(27-41-5-10-3-12(34)13(35)4-31(10)40)17(36)25-15-18(37)32-16(20(38)39)9(6-42-19(15)32)7-44-22-26-28-29-30(22)1-2-33/h3-4,8,15,19,33,35,40H,1-2,5-7H2,(H2,23,24)(H,25,36)(H,38,39)/t15-,19-/m1/s1. The molecule has 2 atom stereocenters. The zero-order valence-electron chi connectivity index (χ0n) is 22.1. The molecule has 1 fully saturated rings. The van der Waals surface area contributed by atoms with Crippen LogP contribution >= 0.6 is 34.9 Å². The summed E-state index contributed by atoms with van der Waals surface area (Å²) in [6, 6.07) is -0.196. The molecule has 2 aliphatic heterocycles. The molecule has 2 amide bonds. The van der Waals surface area contributed by atoms with Gasteiger partial charge in [-0.05, 0) is 16.0 Å². The molecule has 0 aromatic carbocycles. The Balaban J connectivity index is 1.30. The van der Waals surface area contributed by atoms with E-state index in [1.54, 1.807) is 0 Å². The van der Waals surface area contributed by atoms with Gasteiger partial charge in [-0.3, -0.25) is 19.3 Å². The van der Waals surface area contributed by atoms with Crippen molar-refractivity contribution >= 4 is 63.5 Å². The SMILES string of the molecule is Nc1nc(C(=NOCc2cc(=O)c(O)cn2O)C(=O)N[C@@H]2C(=O)N3C(C(=O)O)=C(CSc4nnnn4CCO)CS[C@H]23)cs1. The first-order chi connectivity index (χ1) is 21.1. The molecule has 0 bridgehead atoms. The first-order valence-electron chi connectivity index (χ1n) is 12.3. The Morgan fingerprint density at radius 1 is 1.32 bits per heavy atom. The van der Waals surface area contributed by atoms with Crippen LogP contribution in [0.2, 0.25) is 0 Å². The number of hydrogen-bond donors (Lipinski definition) is 6. The van der Waals surface area contributed by atoms with Crippen molar-refractivity contribution in [3.8, 4) is 5.75 Å². The molecule has 5 rings (SSSR count). The van der Waals surface area contributed by atoms with Crippen LogP contribution in [0.25, 0.3) is 0 Å². The van der Waals surface area contributed by atoms with E-state index < -0.39 is 47.0 Å². The van der Waals surface area contributed by atoms with Gasteiger partial charge in [0.25, 0.3) is 11.8 Å². The van der Waals surface area contributed by atoms with E-state index in [-0.39, 0.29) is 52.6 Å². The first-order valence-corrected chi connectivity index (χ1v) is 15.3. The van der Waals surface area contributed by atoms with E-state index in [1.807, 2.05) is 0 Å². The predicted octanol–water partition coefficient (Wildman–Crippen LogP) is -1.74. The summed E-state index contributed by atoms with van der Waals surface area (Å²) in [5.41, 5.74) is 4.73. The largest absolute Gasteiger partial charge is 0.503 e. The Bertz CT molecular complexity index is 1740. The summed E-state index contributed by atoms with van der Waals surface area (Å²) in [5, 5.41) is 57.1. The predicted molar refractivity (Wildman–Crippen MR) is 153 cm³/mol. The number of amides is 2. The van der Waals surface area contributed by atoms with E-state index in [0.29, 0.717) is 15.5 Å². The van der Waals surface area contributed by atoms with Gasteiger partial charge in [-0.2, -0.15) is 4.73 Å². The average Bonchev–Trinajstić information content (AvgIpc) is 3.63. The van der Waals surface area contributed by atoms with Crippen LogP contribution in [0, 0.1) is 0 Å². The van der Waals surface area contributed by atoms with Gasteiger partial charge in [0.1, 0.15) is 28.5 Å². The van der Waals surface area contributed by atoms with E-state index in [1.165, 1.54) is 21.8 Å². The number of nitrogens with two attached hydrogens (primary N) is 1. The van der Waals surface area contributed by atoms with E-state index in [4.69, 9.17) is 15.7 Å². The first kappa shape index (κ1) is 30.8. The summed E-state index contributed by atoms with van der Waals surface area (Å²) in [4.78, 5) is 60.7. The average molecular weight is 667 g/mol.